The van der Waals surface area contributed by atoms with Crippen LogP contribution in [0.15, 0.2) is 24.3 Å². The number of benzene rings is 1. The van der Waals surface area contributed by atoms with Crippen molar-refractivity contribution >= 4 is 5.97 Å². The Morgan fingerprint density at radius 3 is 2.71 bits per heavy atom. The molecule has 0 spiro atoms. The molecule has 0 aliphatic rings. The molecule has 0 amide bonds. The first-order valence-electron chi connectivity index (χ1n) is 5.94. The summed E-state index contributed by atoms with van der Waals surface area (Å²) in [7, 11) is 0. The summed E-state index contributed by atoms with van der Waals surface area (Å²) < 4.78 is 58.1. The summed E-state index contributed by atoms with van der Waals surface area (Å²) in [5, 5.41) is 0. The van der Waals surface area contributed by atoms with E-state index in [9.17, 15) is 22.4 Å². The maximum Gasteiger partial charge on any atom is 0.461 e. The standard InChI is InChI=1S/C14H12F4O3/c1-2-20-12(19)8-4-6-10-5-3-7-11(9-10)21-14(17,18)13(15)16/h3,5,7,9,13H,2,8H2,1H3. The molecular formula is C14H12F4O3. The number of hydrogen-bond acceptors (Lipinski definition) is 3. The average molecular weight is 304 g/mol. The van der Waals surface area contributed by atoms with Gasteiger partial charge in [0.05, 0.1) is 6.61 Å². The molecule has 0 atom stereocenters. The zero-order valence-electron chi connectivity index (χ0n) is 11.0. The third-order valence-corrected chi connectivity index (χ3v) is 2.11. The van der Waals surface area contributed by atoms with E-state index in [1.807, 2.05) is 0 Å². The Hall–Kier alpha value is -2.23. The van der Waals surface area contributed by atoms with Gasteiger partial charge in [-0.15, -0.1) is 0 Å². The van der Waals surface area contributed by atoms with Gasteiger partial charge in [0.25, 0.3) is 0 Å². The smallest absolute Gasteiger partial charge is 0.461 e. The monoisotopic (exact) mass is 304 g/mol. The Kier molecular flexibility index (Phi) is 6.03. The minimum Gasteiger partial charge on any atom is -0.465 e. The van der Waals surface area contributed by atoms with E-state index in [-0.39, 0.29) is 18.6 Å². The first kappa shape index (κ1) is 16.8. The van der Waals surface area contributed by atoms with E-state index >= 15 is 0 Å². The van der Waals surface area contributed by atoms with E-state index < -0.39 is 24.3 Å². The number of ether oxygens (including phenoxy) is 2. The van der Waals surface area contributed by atoms with Crippen LogP contribution in [0.4, 0.5) is 17.6 Å². The van der Waals surface area contributed by atoms with Crippen molar-refractivity contribution in [3.05, 3.63) is 29.8 Å². The lowest BCUT2D eigenvalue weighted by Crippen LogP contribution is -2.33. The van der Waals surface area contributed by atoms with Crippen molar-refractivity contribution in [1.82, 2.24) is 0 Å². The Morgan fingerprint density at radius 1 is 1.38 bits per heavy atom. The first-order valence-corrected chi connectivity index (χ1v) is 5.94. The zero-order chi connectivity index (χ0) is 15.9. The molecule has 0 heterocycles. The summed E-state index contributed by atoms with van der Waals surface area (Å²) in [6, 6.07) is 4.97. The topological polar surface area (TPSA) is 35.5 Å². The molecule has 7 heteroatoms. The van der Waals surface area contributed by atoms with Gasteiger partial charge in [-0.25, -0.2) is 0 Å². The molecule has 21 heavy (non-hydrogen) atoms. The van der Waals surface area contributed by atoms with E-state index in [4.69, 9.17) is 0 Å². The molecule has 0 aliphatic carbocycles. The minimum atomic E-state index is -4.57. The second-order valence-electron chi connectivity index (χ2n) is 3.78. The van der Waals surface area contributed by atoms with Crippen LogP contribution in [0, 0.1) is 11.8 Å². The van der Waals surface area contributed by atoms with Gasteiger partial charge in [-0.1, -0.05) is 17.9 Å². The summed E-state index contributed by atoms with van der Waals surface area (Å²) in [4.78, 5) is 11.0. The molecule has 0 aromatic heterocycles. The second kappa shape index (κ2) is 7.53. The molecule has 1 aromatic carbocycles. The first-order chi connectivity index (χ1) is 9.85. The van der Waals surface area contributed by atoms with Crippen molar-refractivity contribution in [3.63, 3.8) is 0 Å². The number of carbonyl (C=O) groups is 1. The molecule has 0 saturated carbocycles. The van der Waals surface area contributed by atoms with E-state index in [0.29, 0.717) is 0 Å². The van der Waals surface area contributed by atoms with Crippen LogP contribution in [0.1, 0.15) is 18.9 Å². The molecule has 0 fully saturated rings. The fourth-order valence-corrected chi connectivity index (χ4v) is 1.27. The summed E-state index contributed by atoms with van der Waals surface area (Å²) in [6.07, 6.45) is -8.67. The number of carbonyl (C=O) groups excluding carboxylic acids is 1. The SMILES string of the molecule is CCOC(=O)CC#Cc1cccc(OC(F)(F)C(F)F)c1. The highest BCUT2D eigenvalue weighted by atomic mass is 19.3. The van der Waals surface area contributed by atoms with Crippen LogP contribution in [0.25, 0.3) is 0 Å². The molecule has 0 saturated heterocycles. The predicted molar refractivity (Wildman–Crippen MR) is 66.1 cm³/mol. The molecule has 3 nitrogen and oxygen atoms in total. The van der Waals surface area contributed by atoms with Gasteiger partial charge in [0.1, 0.15) is 12.2 Å². The van der Waals surface area contributed by atoms with Gasteiger partial charge in [-0.2, -0.15) is 17.6 Å². The Morgan fingerprint density at radius 2 is 2.10 bits per heavy atom. The third kappa shape index (κ3) is 5.73. The van der Waals surface area contributed by atoms with E-state index in [1.54, 1.807) is 6.92 Å². The van der Waals surface area contributed by atoms with Crippen LogP contribution < -0.4 is 4.74 Å². The lowest BCUT2D eigenvalue weighted by atomic mass is 10.2. The molecule has 0 N–H and O–H groups in total. The largest absolute Gasteiger partial charge is 0.465 e. The third-order valence-electron chi connectivity index (χ3n) is 2.11. The number of hydrogen-bond donors (Lipinski definition) is 0. The molecule has 1 aromatic rings. The highest BCUT2D eigenvalue weighted by Crippen LogP contribution is 2.27. The van der Waals surface area contributed by atoms with Crippen molar-refractivity contribution in [3.8, 4) is 17.6 Å². The summed E-state index contributed by atoms with van der Waals surface area (Å²) in [5.41, 5.74) is 0.252. The summed E-state index contributed by atoms with van der Waals surface area (Å²) in [5.74, 6) is 4.06. The Balaban J connectivity index is 2.73. The maximum absolute atomic E-state index is 12.7. The fraction of sp³-hybridized carbons (Fsp3) is 0.357. The maximum atomic E-state index is 12.7. The highest BCUT2D eigenvalue weighted by molar-refractivity contribution is 5.72. The van der Waals surface area contributed by atoms with Gasteiger partial charge in [0.15, 0.2) is 0 Å². The summed E-state index contributed by atoms with van der Waals surface area (Å²) in [6.45, 7) is 1.88. The number of alkyl halides is 4. The molecule has 114 valence electrons. The molecular weight excluding hydrogens is 292 g/mol. The van der Waals surface area contributed by atoms with Gasteiger partial charge in [-0.3, -0.25) is 4.79 Å². The van der Waals surface area contributed by atoms with Crippen LogP contribution in [-0.2, 0) is 9.53 Å². The van der Waals surface area contributed by atoms with Crippen LogP contribution >= 0.6 is 0 Å². The van der Waals surface area contributed by atoms with E-state index in [2.05, 4.69) is 21.3 Å². The van der Waals surface area contributed by atoms with Crippen molar-refractivity contribution in [2.75, 3.05) is 6.61 Å². The average Bonchev–Trinajstić information content (AvgIpc) is 2.38. The molecule has 0 unspecified atom stereocenters. The zero-order valence-corrected chi connectivity index (χ0v) is 11.0. The molecule has 0 aliphatic heterocycles. The molecule has 0 bridgehead atoms. The normalized spacial score (nSPS) is 10.8. The van der Waals surface area contributed by atoms with E-state index in [1.165, 1.54) is 12.1 Å². The van der Waals surface area contributed by atoms with Gasteiger partial charge < -0.3 is 9.47 Å². The fourth-order valence-electron chi connectivity index (χ4n) is 1.27. The van der Waals surface area contributed by atoms with E-state index in [0.717, 1.165) is 12.1 Å². The molecule has 0 radical (unpaired) electrons. The number of esters is 1. The van der Waals surface area contributed by atoms with Gasteiger partial charge in [0, 0.05) is 5.56 Å². The van der Waals surface area contributed by atoms with Gasteiger partial charge in [-0.05, 0) is 25.1 Å². The Bertz CT molecular complexity index is 547. The van der Waals surface area contributed by atoms with Crippen LogP contribution in [0.2, 0.25) is 0 Å². The quantitative estimate of drug-likeness (QED) is 0.476. The van der Waals surface area contributed by atoms with Crippen molar-refractivity contribution < 1.29 is 31.8 Å². The van der Waals surface area contributed by atoms with Crippen molar-refractivity contribution in [2.45, 2.75) is 25.9 Å². The highest BCUT2D eigenvalue weighted by Gasteiger charge is 2.43. The van der Waals surface area contributed by atoms with Crippen LogP contribution in [0.5, 0.6) is 5.75 Å². The molecule has 1 rings (SSSR count). The number of rotatable bonds is 5. The van der Waals surface area contributed by atoms with Crippen molar-refractivity contribution in [2.24, 2.45) is 0 Å². The van der Waals surface area contributed by atoms with Crippen molar-refractivity contribution in [1.29, 1.82) is 0 Å². The van der Waals surface area contributed by atoms with Crippen LogP contribution in [-0.4, -0.2) is 25.1 Å². The van der Waals surface area contributed by atoms with Crippen LogP contribution in [0.3, 0.4) is 0 Å². The predicted octanol–water partition coefficient (Wildman–Crippen LogP) is 3.23. The summed E-state index contributed by atoms with van der Waals surface area (Å²) >= 11 is 0. The number of halogens is 4. The lowest BCUT2D eigenvalue weighted by Gasteiger charge is -2.16. The minimum absolute atomic E-state index is 0.161. The lowest BCUT2D eigenvalue weighted by molar-refractivity contribution is -0.253. The van der Waals surface area contributed by atoms with Gasteiger partial charge in [0.2, 0.25) is 0 Å². The van der Waals surface area contributed by atoms with Gasteiger partial charge >= 0.3 is 18.5 Å². The Labute approximate surface area is 118 Å². The second-order valence-corrected chi connectivity index (χ2v) is 3.78.